The number of hydrogen-bond donors (Lipinski definition) is 1. The maximum atomic E-state index is 11.7. The molecule has 112 valence electrons. The molecule has 0 aliphatic carbocycles. The lowest BCUT2D eigenvalue weighted by Crippen LogP contribution is -2.28. The van der Waals surface area contributed by atoms with Crippen LogP contribution in [-0.2, 0) is 14.3 Å². The van der Waals surface area contributed by atoms with Crippen LogP contribution in [0.5, 0.6) is 0 Å². The van der Waals surface area contributed by atoms with E-state index < -0.39 is 11.8 Å². The molecule has 1 aromatic carbocycles. The van der Waals surface area contributed by atoms with Crippen LogP contribution in [0.4, 0.5) is 0 Å². The smallest absolute Gasteiger partial charge is 0.306 e. The van der Waals surface area contributed by atoms with Crippen molar-refractivity contribution in [2.45, 2.75) is 32.8 Å². The Morgan fingerprint density at radius 3 is 2.48 bits per heavy atom. The highest BCUT2D eigenvalue weighted by Crippen LogP contribution is 1.99. The first-order valence-electron chi connectivity index (χ1n) is 6.75. The molecule has 5 nitrogen and oxygen atoms in total. The Morgan fingerprint density at radius 2 is 1.86 bits per heavy atom. The number of ether oxygens (including phenoxy) is 1. The lowest BCUT2D eigenvalue weighted by atomic mass is 10.2. The lowest BCUT2D eigenvalue weighted by Gasteiger charge is -2.06. The van der Waals surface area contributed by atoms with Gasteiger partial charge in [0.05, 0.1) is 6.10 Å². The molecular weight excluding hydrogens is 270 g/mol. The molecule has 0 bridgehead atoms. The van der Waals surface area contributed by atoms with Crippen LogP contribution in [0.1, 0.15) is 37.0 Å². The fraction of sp³-hybridized carbons (Fsp3) is 0.312. The molecule has 0 fully saturated rings. The van der Waals surface area contributed by atoms with Gasteiger partial charge in [-0.15, -0.1) is 0 Å². The van der Waals surface area contributed by atoms with Gasteiger partial charge in [0.1, 0.15) is 0 Å². The minimum Gasteiger partial charge on any atom is -0.463 e. The van der Waals surface area contributed by atoms with Gasteiger partial charge in [0.15, 0.2) is 0 Å². The van der Waals surface area contributed by atoms with Crippen molar-refractivity contribution in [3.8, 4) is 0 Å². The summed E-state index contributed by atoms with van der Waals surface area (Å²) in [6, 6.07) is 8.46. The van der Waals surface area contributed by atoms with Crippen LogP contribution >= 0.6 is 0 Å². The predicted molar refractivity (Wildman–Crippen MR) is 78.5 cm³/mol. The van der Waals surface area contributed by atoms with E-state index in [1.807, 2.05) is 0 Å². The van der Waals surface area contributed by atoms with E-state index in [1.54, 1.807) is 44.2 Å². The molecule has 2 amide bonds. The molecule has 0 radical (unpaired) electrons. The molecule has 0 aliphatic rings. The van der Waals surface area contributed by atoms with Crippen molar-refractivity contribution in [2.75, 3.05) is 0 Å². The normalized spacial score (nSPS) is 10.6. The molecule has 1 rings (SSSR count). The maximum Gasteiger partial charge on any atom is 0.306 e. The summed E-state index contributed by atoms with van der Waals surface area (Å²) in [5, 5.41) is 2.24. The molecule has 0 atom stereocenters. The molecule has 0 aromatic heterocycles. The molecule has 0 saturated carbocycles. The van der Waals surface area contributed by atoms with Crippen LogP contribution in [-0.4, -0.2) is 23.9 Å². The Morgan fingerprint density at radius 1 is 1.19 bits per heavy atom. The topological polar surface area (TPSA) is 72.5 Å². The second-order valence-corrected chi connectivity index (χ2v) is 4.66. The van der Waals surface area contributed by atoms with E-state index in [9.17, 15) is 14.4 Å². The van der Waals surface area contributed by atoms with Gasteiger partial charge >= 0.3 is 5.97 Å². The van der Waals surface area contributed by atoms with E-state index in [4.69, 9.17) is 4.74 Å². The number of benzene rings is 1. The quantitative estimate of drug-likeness (QED) is 0.644. The van der Waals surface area contributed by atoms with E-state index in [0.29, 0.717) is 12.0 Å². The van der Waals surface area contributed by atoms with Crippen molar-refractivity contribution in [2.24, 2.45) is 0 Å². The number of nitrogens with one attached hydrogen (secondary N) is 1. The largest absolute Gasteiger partial charge is 0.463 e. The Hall–Kier alpha value is -2.43. The number of amides is 2. The molecule has 1 N–H and O–H groups in total. The summed E-state index contributed by atoms with van der Waals surface area (Å²) in [6.07, 6.45) is 3.22. The van der Waals surface area contributed by atoms with Crippen LogP contribution in [0.15, 0.2) is 42.5 Å². The summed E-state index contributed by atoms with van der Waals surface area (Å²) in [6.45, 7) is 3.55. The van der Waals surface area contributed by atoms with Crippen molar-refractivity contribution in [1.29, 1.82) is 0 Å². The molecule has 0 spiro atoms. The average molecular weight is 289 g/mol. The molecule has 1 aromatic rings. The molecule has 0 heterocycles. The van der Waals surface area contributed by atoms with Crippen molar-refractivity contribution in [3.05, 3.63) is 48.0 Å². The van der Waals surface area contributed by atoms with E-state index in [-0.39, 0.29) is 18.5 Å². The van der Waals surface area contributed by atoms with Crippen LogP contribution < -0.4 is 5.32 Å². The van der Waals surface area contributed by atoms with Gasteiger partial charge in [-0.2, -0.15) is 0 Å². The molecule has 0 saturated heterocycles. The number of esters is 1. The first-order chi connectivity index (χ1) is 9.99. The van der Waals surface area contributed by atoms with Gasteiger partial charge in [-0.1, -0.05) is 24.3 Å². The first kappa shape index (κ1) is 16.6. The number of rotatable bonds is 6. The van der Waals surface area contributed by atoms with Gasteiger partial charge in [0, 0.05) is 12.0 Å². The number of imide groups is 1. The van der Waals surface area contributed by atoms with E-state index in [2.05, 4.69) is 5.32 Å². The third-order valence-corrected chi connectivity index (χ3v) is 2.42. The third-order valence-electron chi connectivity index (χ3n) is 2.42. The summed E-state index contributed by atoms with van der Waals surface area (Å²) < 4.78 is 4.95. The molecule has 0 aliphatic heterocycles. The van der Waals surface area contributed by atoms with Gasteiger partial charge in [-0.05, 0) is 38.5 Å². The zero-order chi connectivity index (χ0) is 15.7. The Kier molecular flexibility index (Phi) is 6.87. The fourth-order valence-corrected chi connectivity index (χ4v) is 1.53. The minimum absolute atomic E-state index is 0.145. The number of carbonyl (C=O) groups is 3. The SMILES string of the molecule is CC(C)OC(=O)CC/C=C/C(=O)NC(=O)c1ccccc1. The van der Waals surface area contributed by atoms with E-state index >= 15 is 0 Å². The van der Waals surface area contributed by atoms with Crippen molar-refractivity contribution in [1.82, 2.24) is 5.32 Å². The lowest BCUT2D eigenvalue weighted by molar-refractivity contribution is -0.147. The zero-order valence-electron chi connectivity index (χ0n) is 12.2. The zero-order valence-corrected chi connectivity index (χ0v) is 12.2. The van der Waals surface area contributed by atoms with Crippen molar-refractivity contribution in [3.63, 3.8) is 0 Å². The highest BCUT2D eigenvalue weighted by molar-refractivity contribution is 6.07. The highest BCUT2D eigenvalue weighted by atomic mass is 16.5. The van der Waals surface area contributed by atoms with Crippen LogP contribution in [0.2, 0.25) is 0 Å². The summed E-state index contributed by atoms with van der Waals surface area (Å²) in [7, 11) is 0. The third kappa shape index (κ3) is 7.06. The maximum absolute atomic E-state index is 11.7. The van der Waals surface area contributed by atoms with Crippen LogP contribution in [0, 0.1) is 0 Å². The monoisotopic (exact) mass is 289 g/mol. The Bertz CT molecular complexity index is 520. The van der Waals surface area contributed by atoms with Gasteiger partial charge < -0.3 is 4.74 Å². The van der Waals surface area contributed by atoms with Gasteiger partial charge in [-0.25, -0.2) is 0 Å². The summed E-state index contributed by atoms with van der Waals surface area (Å²) >= 11 is 0. The van der Waals surface area contributed by atoms with Crippen molar-refractivity contribution >= 4 is 17.8 Å². The van der Waals surface area contributed by atoms with Crippen LogP contribution in [0.3, 0.4) is 0 Å². The molecular formula is C16H19NO4. The second kappa shape index (κ2) is 8.68. The standard InChI is InChI=1S/C16H19NO4/c1-12(2)21-15(19)11-7-6-10-14(18)17-16(20)13-8-4-3-5-9-13/h3-6,8-10,12H,7,11H2,1-2H3,(H,17,18,20)/b10-6+. The van der Waals surface area contributed by atoms with E-state index in [1.165, 1.54) is 12.2 Å². The fourth-order valence-electron chi connectivity index (χ4n) is 1.53. The number of hydrogen-bond acceptors (Lipinski definition) is 4. The summed E-state index contributed by atoms with van der Waals surface area (Å²) in [5.74, 6) is -1.28. The summed E-state index contributed by atoms with van der Waals surface area (Å²) in [4.78, 5) is 34.4. The van der Waals surface area contributed by atoms with Gasteiger partial charge in [-0.3, -0.25) is 19.7 Å². The molecule has 21 heavy (non-hydrogen) atoms. The van der Waals surface area contributed by atoms with Gasteiger partial charge in [0.2, 0.25) is 5.91 Å². The predicted octanol–water partition coefficient (Wildman–Crippen LogP) is 2.23. The first-order valence-corrected chi connectivity index (χ1v) is 6.75. The number of carbonyl (C=O) groups excluding carboxylic acids is 3. The van der Waals surface area contributed by atoms with E-state index in [0.717, 1.165) is 0 Å². The minimum atomic E-state index is -0.513. The Balaban J connectivity index is 2.32. The average Bonchev–Trinajstić information content (AvgIpc) is 2.44. The van der Waals surface area contributed by atoms with Gasteiger partial charge in [0.25, 0.3) is 5.91 Å². The molecule has 5 heteroatoms. The van der Waals surface area contributed by atoms with Crippen molar-refractivity contribution < 1.29 is 19.1 Å². The molecule has 0 unspecified atom stereocenters. The number of allylic oxidation sites excluding steroid dienone is 1. The Labute approximate surface area is 124 Å². The second-order valence-electron chi connectivity index (χ2n) is 4.66. The highest BCUT2D eigenvalue weighted by Gasteiger charge is 2.07. The van der Waals surface area contributed by atoms with Crippen LogP contribution in [0.25, 0.3) is 0 Å². The summed E-state index contributed by atoms with van der Waals surface area (Å²) in [5.41, 5.74) is 0.416.